The summed E-state index contributed by atoms with van der Waals surface area (Å²) in [5, 5.41) is 4.21. The molecule has 0 radical (unpaired) electrons. The third kappa shape index (κ3) is 10.1. The number of alkyl halides is 3. The summed E-state index contributed by atoms with van der Waals surface area (Å²) in [4.78, 5) is 0. The SMILES string of the molecule is CCCCCCCCc1cccc(N)c1.Cc1cccc(-c2ccc3ccc(C)c(-c4c(C)ccc5ccc(-c6cccc(OS(=O)(=O)C(F)(F)F)c6)cc45)c3c2)c1. The first kappa shape index (κ1) is 42.0. The maximum Gasteiger partial charge on any atom is 0.534 e. The minimum Gasteiger partial charge on any atom is -0.399 e. The van der Waals surface area contributed by atoms with Gasteiger partial charge < -0.3 is 9.92 Å². The first-order valence-corrected chi connectivity index (χ1v) is 21.2. The van der Waals surface area contributed by atoms with Gasteiger partial charge in [0.2, 0.25) is 0 Å². The van der Waals surface area contributed by atoms with E-state index in [0.717, 1.165) is 60.6 Å². The quantitative estimate of drug-likeness (QED) is 0.0578. The van der Waals surface area contributed by atoms with E-state index in [-0.39, 0.29) is 0 Å². The van der Waals surface area contributed by atoms with Gasteiger partial charge >= 0.3 is 15.6 Å². The molecule has 0 bridgehead atoms. The van der Waals surface area contributed by atoms with Crippen molar-refractivity contribution in [1.29, 1.82) is 0 Å². The van der Waals surface area contributed by atoms with Crippen molar-refractivity contribution >= 4 is 37.4 Å². The molecule has 0 aliphatic rings. The number of hydrogen-bond acceptors (Lipinski definition) is 4. The van der Waals surface area contributed by atoms with Crippen LogP contribution in [0.1, 0.15) is 67.7 Å². The molecular weight excluding hydrogens is 752 g/mol. The second kappa shape index (κ2) is 18.3. The number of aryl methyl sites for hydroxylation is 4. The summed E-state index contributed by atoms with van der Waals surface area (Å²) < 4.78 is 66.4. The van der Waals surface area contributed by atoms with Crippen LogP contribution < -0.4 is 9.92 Å². The fraction of sp³-hybridized carbons (Fsp3) is 0.240. The second-order valence-electron chi connectivity index (χ2n) is 15.0. The van der Waals surface area contributed by atoms with E-state index in [1.54, 1.807) is 6.07 Å². The van der Waals surface area contributed by atoms with Crippen molar-refractivity contribution in [2.45, 2.75) is 78.1 Å². The predicted octanol–water partition coefficient (Wildman–Crippen LogP) is 14.3. The smallest absolute Gasteiger partial charge is 0.399 e. The normalized spacial score (nSPS) is 11.7. The van der Waals surface area contributed by atoms with Crippen molar-refractivity contribution in [3.8, 4) is 39.1 Å². The van der Waals surface area contributed by atoms with Crippen LogP contribution in [-0.4, -0.2) is 13.9 Å². The van der Waals surface area contributed by atoms with E-state index in [1.165, 1.54) is 74.3 Å². The van der Waals surface area contributed by atoms with Gasteiger partial charge in [-0.05, 0) is 142 Å². The molecule has 0 saturated carbocycles. The second-order valence-corrected chi connectivity index (χ2v) is 16.6. The van der Waals surface area contributed by atoms with Crippen molar-refractivity contribution in [3.05, 3.63) is 156 Å². The molecular formula is C50H50F3NO3S. The summed E-state index contributed by atoms with van der Waals surface area (Å²) in [5.41, 5.74) is 11.5. The maximum absolute atomic E-state index is 12.9. The molecule has 300 valence electrons. The summed E-state index contributed by atoms with van der Waals surface area (Å²) in [6.07, 6.45) is 9.33. The zero-order chi connectivity index (χ0) is 41.5. The molecule has 0 aromatic heterocycles. The monoisotopic (exact) mass is 801 g/mol. The Hall–Kier alpha value is -5.60. The minimum atomic E-state index is -5.78. The van der Waals surface area contributed by atoms with Crippen LogP contribution in [0.15, 0.2) is 133 Å². The number of unbranched alkanes of at least 4 members (excludes halogenated alkanes) is 5. The maximum atomic E-state index is 12.9. The van der Waals surface area contributed by atoms with E-state index in [4.69, 9.17) is 5.73 Å². The summed E-state index contributed by atoms with van der Waals surface area (Å²) >= 11 is 0. The summed E-state index contributed by atoms with van der Waals surface area (Å²) in [5.74, 6) is -0.409. The summed E-state index contributed by atoms with van der Waals surface area (Å²) in [6, 6.07) is 43.1. The molecule has 0 fully saturated rings. The fourth-order valence-electron chi connectivity index (χ4n) is 7.46. The van der Waals surface area contributed by atoms with Crippen LogP contribution >= 0.6 is 0 Å². The minimum absolute atomic E-state index is 0.409. The zero-order valence-electron chi connectivity index (χ0n) is 33.5. The van der Waals surface area contributed by atoms with E-state index < -0.39 is 21.4 Å². The Balaban J connectivity index is 0.000000319. The first-order valence-electron chi connectivity index (χ1n) is 19.8. The predicted molar refractivity (Wildman–Crippen MR) is 236 cm³/mol. The Labute approximate surface area is 340 Å². The van der Waals surface area contributed by atoms with Crippen LogP contribution in [0.5, 0.6) is 5.75 Å². The molecule has 0 spiro atoms. The first-order chi connectivity index (χ1) is 27.7. The highest BCUT2D eigenvalue weighted by Crippen LogP contribution is 2.41. The fourth-order valence-corrected chi connectivity index (χ4v) is 7.92. The largest absolute Gasteiger partial charge is 0.534 e. The van der Waals surface area contributed by atoms with E-state index in [9.17, 15) is 21.6 Å². The van der Waals surface area contributed by atoms with Gasteiger partial charge in [0.15, 0.2) is 0 Å². The van der Waals surface area contributed by atoms with Crippen molar-refractivity contribution < 1.29 is 25.8 Å². The average Bonchev–Trinajstić information content (AvgIpc) is 3.19. The van der Waals surface area contributed by atoms with Gasteiger partial charge in [0, 0.05) is 5.69 Å². The zero-order valence-corrected chi connectivity index (χ0v) is 34.3. The molecule has 8 heteroatoms. The highest BCUT2D eigenvalue weighted by molar-refractivity contribution is 7.88. The highest BCUT2D eigenvalue weighted by atomic mass is 32.2. The van der Waals surface area contributed by atoms with Gasteiger partial charge in [0.1, 0.15) is 5.75 Å². The van der Waals surface area contributed by atoms with Crippen molar-refractivity contribution in [2.75, 3.05) is 5.73 Å². The van der Waals surface area contributed by atoms with E-state index in [2.05, 4.69) is 105 Å². The van der Waals surface area contributed by atoms with Gasteiger partial charge in [-0.3, -0.25) is 0 Å². The number of benzene rings is 7. The number of nitrogen functional groups attached to an aromatic ring is 1. The van der Waals surface area contributed by atoms with Crippen LogP contribution in [0.4, 0.5) is 18.9 Å². The molecule has 7 rings (SSSR count). The third-order valence-corrected chi connectivity index (χ3v) is 11.5. The lowest BCUT2D eigenvalue weighted by molar-refractivity contribution is -0.0500. The van der Waals surface area contributed by atoms with E-state index in [1.807, 2.05) is 36.4 Å². The van der Waals surface area contributed by atoms with Crippen LogP contribution in [0.25, 0.3) is 54.9 Å². The van der Waals surface area contributed by atoms with Crippen LogP contribution in [0.3, 0.4) is 0 Å². The number of rotatable bonds is 12. The number of anilines is 1. The highest BCUT2D eigenvalue weighted by Gasteiger charge is 2.48. The van der Waals surface area contributed by atoms with Gasteiger partial charge in [0.05, 0.1) is 0 Å². The number of fused-ring (bicyclic) bond motifs is 2. The molecule has 7 aromatic carbocycles. The van der Waals surface area contributed by atoms with Gasteiger partial charge in [-0.1, -0.05) is 142 Å². The molecule has 0 aliphatic carbocycles. The number of hydrogen-bond donors (Lipinski definition) is 1. The van der Waals surface area contributed by atoms with Gasteiger partial charge in [-0.2, -0.15) is 21.6 Å². The molecule has 58 heavy (non-hydrogen) atoms. The Morgan fingerprint density at radius 1 is 0.569 bits per heavy atom. The average molecular weight is 802 g/mol. The van der Waals surface area contributed by atoms with Gasteiger partial charge in [-0.15, -0.1) is 0 Å². The van der Waals surface area contributed by atoms with Crippen LogP contribution in [0.2, 0.25) is 0 Å². The number of nitrogens with two attached hydrogens (primary N) is 1. The lowest BCUT2D eigenvalue weighted by atomic mass is 9.86. The molecule has 0 atom stereocenters. The molecule has 0 saturated heterocycles. The third-order valence-electron chi connectivity index (χ3n) is 10.5. The lowest BCUT2D eigenvalue weighted by Gasteiger charge is -2.18. The van der Waals surface area contributed by atoms with Crippen molar-refractivity contribution in [3.63, 3.8) is 0 Å². The Bertz CT molecular complexity index is 2650. The van der Waals surface area contributed by atoms with E-state index >= 15 is 0 Å². The summed E-state index contributed by atoms with van der Waals surface area (Å²) in [7, 11) is -5.78. The van der Waals surface area contributed by atoms with Crippen LogP contribution in [-0.2, 0) is 16.5 Å². The van der Waals surface area contributed by atoms with Crippen molar-refractivity contribution in [1.82, 2.24) is 0 Å². The molecule has 7 aromatic rings. The molecule has 4 nitrogen and oxygen atoms in total. The summed E-state index contributed by atoms with van der Waals surface area (Å²) in [6.45, 7) is 8.50. The van der Waals surface area contributed by atoms with Crippen LogP contribution in [0, 0.1) is 20.8 Å². The lowest BCUT2D eigenvalue weighted by Crippen LogP contribution is -2.28. The van der Waals surface area contributed by atoms with Crippen molar-refractivity contribution in [2.24, 2.45) is 0 Å². The van der Waals surface area contributed by atoms with E-state index in [0.29, 0.717) is 11.1 Å². The molecule has 0 amide bonds. The van der Waals surface area contributed by atoms with Gasteiger partial charge in [0.25, 0.3) is 0 Å². The molecule has 0 heterocycles. The molecule has 0 unspecified atom stereocenters. The Kier molecular flexibility index (Phi) is 13.3. The Morgan fingerprint density at radius 3 is 1.66 bits per heavy atom. The Morgan fingerprint density at radius 2 is 1.09 bits per heavy atom. The standard InChI is InChI=1S/C36H27F3O3S.C14H23N/c1-22-6-4-7-27(18-22)29-16-14-25-12-10-23(2)34(32(25)20-29)35-24(3)11-13-26-15-17-30(21-33(26)35)28-8-5-9-31(19-28)42-43(40,41)36(37,38)39;1-2-3-4-5-6-7-9-13-10-8-11-14(15)12-13/h4-21H,1-3H3;8,10-12H,2-7,9,15H2,1H3. The molecule has 2 N–H and O–H groups in total. The van der Waals surface area contributed by atoms with Gasteiger partial charge in [-0.25, -0.2) is 0 Å². The topological polar surface area (TPSA) is 69.4 Å². The number of halogens is 3. The molecule has 0 aliphatic heterocycles.